The molecule has 4 nitrogen and oxygen atoms in total. The quantitative estimate of drug-likeness (QED) is 0.389. The van der Waals surface area contributed by atoms with Crippen molar-refractivity contribution in [2.75, 3.05) is 13.6 Å². The Kier molecular flexibility index (Phi) is 9.20. The number of thiazole rings is 1. The number of aromatic nitrogens is 1. The maximum Gasteiger partial charge on any atom is 0.191 e. The third-order valence-corrected chi connectivity index (χ3v) is 4.56. The first kappa shape index (κ1) is 20.8. The normalized spacial score (nSPS) is 11.3. The van der Waals surface area contributed by atoms with Crippen LogP contribution in [0.25, 0.3) is 0 Å². The van der Waals surface area contributed by atoms with Gasteiger partial charge in [0, 0.05) is 43.4 Å². The van der Waals surface area contributed by atoms with Crippen LogP contribution in [-0.2, 0) is 13.0 Å². The van der Waals surface area contributed by atoms with Gasteiger partial charge in [0.1, 0.15) is 5.82 Å². The van der Waals surface area contributed by atoms with Gasteiger partial charge in [0.25, 0.3) is 0 Å². The van der Waals surface area contributed by atoms with E-state index >= 15 is 0 Å². The molecule has 1 heterocycles. The van der Waals surface area contributed by atoms with E-state index in [1.165, 1.54) is 11.1 Å². The topological polar surface area (TPSA) is 49.3 Å². The zero-order valence-corrected chi connectivity index (χ0v) is 17.3. The molecule has 24 heavy (non-hydrogen) atoms. The third kappa shape index (κ3) is 6.35. The molecular formula is C17H24FIN4S. The highest BCUT2D eigenvalue weighted by Crippen LogP contribution is 2.19. The molecule has 2 N–H and O–H groups in total. The van der Waals surface area contributed by atoms with Crippen molar-refractivity contribution in [3.05, 3.63) is 51.7 Å². The summed E-state index contributed by atoms with van der Waals surface area (Å²) >= 11 is 1.70. The summed E-state index contributed by atoms with van der Waals surface area (Å²) in [5.74, 6) is 0.920. The molecule has 0 unspecified atom stereocenters. The van der Waals surface area contributed by atoms with Gasteiger partial charge in [0.15, 0.2) is 5.96 Å². The Hall–Kier alpha value is -1.22. The van der Waals surface area contributed by atoms with Crippen LogP contribution < -0.4 is 10.6 Å². The van der Waals surface area contributed by atoms with E-state index in [0.29, 0.717) is 24.0 Å². The highest BCUT2D eigenvalue weighted by molar-refractivity contribution is 14.0. The molecule has 0 spiro atoms. The number of hydrogen-bond acceptors (Lipinski definition) is 3. The van der Waals surface area contributed by atoms with Crippen LogP contribution in [0.3, 0.4) is 0 Å². The van der Waals surface area contributed by atoms with Gasteiger partial charge in [-0.05, 0) is 6.07 Å². The molecule has 0 saturated carbocycles. The molecule has 1 aromatic heterocycles. The minimum absolute atomic E-state index is 0. The van der Waals surface area contributed by atoms with Crippen LogP contribution in [0.1, 0.15) is 36.0 Å². The molecular weight excluding hydrogens is 438 g/mol. The first-order valence-corrected chi connectivity index (χ1v) is 8.60. The van der Waals surface area contributed by atoms with Crippen molar-refractivity contribution in [1.82, 2.24) is 15.6 Å². The van der Waals surface area contributed by atoms with Gasteiger partial charge in [0.2, 0.25) is 0 Å². The van der Waals surface area contributed by atoms with Gasteiger partial charge in [-0.15, -0.1) is 35.3 Å². The van der Waals surface area contributed by atoms with E-state index in [2.05, 4.69) is 39.8 Å². The van der Waals surface area contributed by atoms with Gasteiger partial charge in [-0.3, -0.25) is 4.99 Å². The fourth-order valence-electron chi connectivity index (χ4n) is 2.05. The monoisotopic (exact) mass is 462 g/mol. The maximum absolute atomic E-state index is 13.6. The summed E-state index contributed by atoms with van der Waals surface area (Å²) in [6.07, 6.45) is 0.837. The van der Waals surface area contributed by atoms with Crippen LogP contribution in [0, 0.1) is 5.82 Å². The molecule has 0 atom stereocenters. The lowest BCUT2D eigenvalue weighted by Gasteiger charge is -2.11. The fraction of sp³-hybridized carbons (Fsp3) is 0.412. The van der Waals surface area contributed by atoms with Gasteiger partial charge in [-0.1, -0.05) is 32.0 Å². The summed E-state index contributed by atoms with van der Waals surface area (Å²) in [4.78, 5) is 8.76. The Morgan fingerprint density at radius 2 is 2.04 bits per heavy atom. The van der Waals surface area contributed by atoms with Gasteiger partial charge in [-0.2, -0.15) is 0 Å². The molecule has 0 bridgehead atoms. The van der Waals surface area contributed by atoms with Crippen molar-refractivity contribution in [3.8, 4) is 0 Å². The number of hydrogen-bond donors (Lipinski definition) is 2. The van der Waals surface area contributed by atoms with Crippen molar-refractivity contribution in [1.29, 1.82) is 0 Å². The number of benzene rings is 1. The van der Waals surface area contributed by atoms with Crippen molar-refractivity contribution >= 4 is 41.3 Å². The standard InChI is InChI=1S/C17H23FN4S.HI/c1-12(2)16-22-14(11-23-16)8-9-20-17(19-3)21-10-13-6-4-5-7-15(13)18;/h4-7,11-12H,8-10H2,1-3H3,(H2,19,20,21);1H. The molecule has 0 aliphatic heterocycles. The molecule has 0 radical (unpaired) electrons. The minimum Gasteiger partial charge on any atom is -0.356 e. The number of rotatable bonds is 6. The fourth-order valence-corrected chi connectivity index (χ4v) is 2.92. The van der Waals surface area contributed by atoms with E-state index in [0.717, 1.165) is 18.7 Å². The Morgan fingerprint density at radius 1 is 1.29 bits per heavy atom. The van der Waals surface area contributed by atoms with Gasteiger partial charge < -0.3 is 10.6 Å². The lowest BCUT2D eigenvalue weighted by Crippen LogP contribution is -2.38. The van der Waals surface area contributed by atoms with Crippen LogP contribution in [0.15, 0.2) is 34.6 Å². The first-order valence-electron chi connectivity index (χ1n) is 7.72. The molecule has 0 aliphatic carbocycles. The summed E-state index contributed by atoms with van der Waals surface area (Å²) in [6.45, 7) is 5.43. The molecule has 2 rings (SSSR count). The molecule has 0 aliphatic rings. The van der Waals surface area contributed by atoms with Gasteiger partial charge >= 0.3 is 0 Å². The number of nitrogens with one attached hydrogen (secondary N) is 2. The molecule has 0 fully saturated rings. The Balaban J connectivity index is 0.00000288. The first-order chi connectivity index (χ1) is 11.1. The second-order valence-electron chi connectivity index (χ2n) is 5.53. The average molecular weight is 462 g/mol. The third-order valence-electron chi connectivity index (χ3n) is 3.36. The molecule has 2 aromatic rings. The predicted molar refractivity (Wildman–Crippen MR) is 110 cm³/mol. The van der Waals surface area contributed by atoms with Crippen molar-refractivity contribution in [2.45, 2.75) is 32.7 Å². The second-order valence-corrected chi connectivity index (χ2v) is 6.42. The molecule has 132 valence electrons. The Labute approximate surface area is 164 Å². The lowest BCUT2D eigenvalue weighted by atomic mass is 10.2. The van der Waals surface area contributed by atoms with E-state index in [-0.39, 0.29) is 29.8 Å². The van der Waals surface area contributed by atoms with E-state index in [1.54, 1.807) is 30.5 Å². The smallest absolute Gasteiger partial charge is 0.191 e. The summed E-state index contributed by atoms with van der Waals surface area (Å²) < 4.78 is 13.6. The number of guanidine groups is 1. The van der Waals surface area contributed by atoms with E-state index in [4.69, 9.17) is 0 Å². The minimum atomic E-state index is -0.209. The highest BCUT2D eigenvalue weighted by atomic mass is 127. The van der Waals surface area contributed by atoms with Crippen LogP contribution in [0.4, 0.5) is 4.39 Å². The summed E-state index contributed by atoms with van der Waals surface area (Å²) in [5.41, 5.74) is 1.72. The second kappa shape index (κ2) is 10.6. The maximum atomic E-state index is 13.6. The van der Waals surface area contributed by atoms with Crippen LogP contribution >= 0.6 is 35.3 Å². The van der Waals surface area contributed by atoms with E-state index in [9.17, 15) is 4.39 Å². The lowest BCUT2D eigenvalue weighted by molar-refractivity contribution is 0.604. The van der Waals surface area contributed by atoms with Gasteiger partial charge in [-0.25, -0.2) is 9.37 Å². The zero-order chi connectivity index (χ0) is 16.7. The Morgan fingerprint density at radius 3 is 2.67 bits per heavy atom. The zero-order valence-electron chi connectivity index (χ0n) is 14.2. The largest absolute Gasteiger partial charge is 0.356 e. The summed E-state index contributed by atoms with van der Waals surface area (Å²) in [6, 6.07) is 6.73. The number of nitrogens with zero attached hydrogens (tertiary/aromatic N) is 2. The Bertz CT molecular complexity index is 658. The molecule has 0 amide bonds. The molecule has 0 saturated heterocycles. The molecule has 1 aromatic carbocycles. The van der Waals surface area contributed by atoms with Crippen molar-refractivity contribution in [2.24, 2.45) is 4.99 Å². The van der Waals surface area contributed by atoms with E-state index in [1.807, 2.05) is 6.07 Å². The van der Waals surface area contributed by atoms with Gasteiger partial charge in [0.05, 0.1) is 10.7 Å². The average Bonchev–Trinajstić information content (AvgIpc) is 3.01. The SMILES string of the molecule is CN=C(NCCc1csc(C(C)C)n1)NCc1ccccc1F.I. The van der Waals surface area contributed by atoms with E-state index < -0.39 is 0 Å². The van der Waals surface area contributed by atoms with Crippen LogP contribution in [-0.4, -0.2) is 24.5 Å². The summed E-state index contributed by atoms with van der Waals surface area (Å²) in [5, 5.41) is 9.62. The summed E-state index contributed by atoms with van der Waals surface area (Å²) in [7, 11) is 1.70. The highest BCUT2D eigenvalue weighted by Gasteiger charge is 2.06. The molecule has 7 heteroatoms. The number of aliphatic imine (C=N–C) groups is 1. The van der Waals surface area contributed by atoms with Crippen LogP contribution in [0.5, 0.6) is 0 Å². The van der Waals surface area contributed by atoms with Crippen molar-refractivity contribution in [3.63, 3.8) is 0 Å². The van der Waals surface area contributed by atoms with Crippen LogP contribution in [0.2, 0.25) is 0 Å². The van der Waals surface area contributed by atoms with Crippen molar-refractivity contribution < 1.29 is 4.39 Å². The predicted octanol–water partition coefficient (Wildman–Crippen LogP) is 3.93. The number of halogens is 2.